The van der Waals surface area contributed by atoms with Gasteiger partial charge >= 0.3 is 0 Å². The standard InChI is InChI=1S/C18H23N3O.ClH/c1-14-11-15(3-4-18(14)22-2)13-21-10-9-20-12-17(21)16-5-7-19-8-6-16;/h3-8,11,17,20H,9-10,12-13H2,1-2H3;1H. The Labute approximate surface area is 144 Å². The van der Waals surface area contributed by atoms with Crippen LogP contribution in [0, 0.1) is 6.92 Å². The van der Waals surface area contributed by atoms with Gasteiger partial charge in [0.25, 0.3) is 0 Å². The molecule has 0 saturated carbocycles. The predicted octanol–water partition coefficient (Wildman–Crippen LogP) is 2.97. The lowest BCUT2D eigenvalue weighted by Crippen LogP contribution is -2.45. The molecule has 1 atom stereocenters. The molecule has 1 fully saturated rings. The van der Waals surface area contributed by atoms with Crippen LogP contribution in [0.25, 0.3) is 0 Å². The van der Waals surface area contributed by atoms with E-state index in [4.69, 9.17) is 4.74 Å². The van der Waals surface area contributed by atoms with Gasteiger partial charge in [0, 0.05) is 44.6 Å². The zero-order valence-electron chi connectivity index (χ0n) is 13.7. The largest absolute Gasteiger partial charge is 0.496 e. The van der Waals surface area contributed by atoms with E-state index < -0.39 is 0 Å². The van der Waals surface area contributed by atoms with Crippen LogP contribution < -0.4 is 10.1 Å². The minimum absolute atomic E-state index is 0. The molecule has 4 nitrogen and oxygen atoms in total. The lowest BCUT2D eigenvalue weighted by Gasteiger charge is -2.36. The third kappa shape index (κ3) is 4.22. The smallest absolute Gasteiger partial charge is 0.121 e. The number of aromatic nitrogens is 1. The summed E-state index contributed by atoms with van der Waals surface area (Å²) in [7, 11) is 1.72. The molecule has 1 aliphatic rings. The Kier molecular flexibility index (Phi) is 6.39. The van der Waals surface area contributed by atoms with Crippen LogP contribution >= 0.6 is 12.4 Å². The summed E-state index contributed by atoms with van der Waals surface area (Å²) in [5.74, 6) is 0.953. The van der Waals surface area contributed by atoms with Gasteiger partial charge in [-0.2, -0.15) is 0 Å². The average molecular weight is 334 g/mol. The van der Waals surface area contributed by atoms with Crippen molar-refractivity contribution >= 4 is 12.4 Å². The van der Waals surface area contributed by atoms with Gasteiger partial charge in [-0.1, -0.05) is 12.1 Å². The molecule has 2 aromatic rings. The maximum absolute atomic E-state index is 5.35. The minimum Gasteiger partial charge on any atom is -0.496 e. The molecule has 0 radical (unpaired) electrons. The molecule has 0 bridgehead atoms. The zero-order valence-corrected chi connectivity index (χ0v) is 14.5. The predicted molar refractivity (Wildman–Crippen MR) is 95.2 cm³/mol. The van der Waals surface area contributed by atoms with Crippen molar-refractivity contribution in [1.29, 1.82) is 0 Å². The fourth-order valence-corrected chi connectivity index (χ4v) is 3.12. The number of nitrogens with zero attached hydrogens (tertiary/aromatic N) is 2. The Morgan fingerprint density at radius 1 is 1.26 bits per heavy atom. The fraction of sp³-hybridized carbons (Fsp3) is 0.389. The van der Waals surface area contributed by atoms with E-state index in [9.17, 15) is 0 Å². The maximum Gasteiger partial charge on any atom is 0.121 e. The van der Waals surface area contributed by atoms with Gasteiger partial charge in [0.2, 0.25) is 0 Å². The highest BCUT2D eigenvalue weighted by Gasteiger charge is 2.23. The highest BCUT2D eigenvalue weighted by atomic mass is 35.5. The molecule has 124 valence electrons. The molecule has 23 heavy (non-hydrogen) atoms. The monoisotopic (exact) mass is 333 g/mol. The van der Waals surface area contributed by atoms with Crippen LogP contribution in [0.5, 0.6) is 5.75 Å². The van der Waals surface area contributed by atoms with Gasteiger partial charge in [-0.25, -0.2) is 0 Å². The topological polar surface area (TPSA) is 37.4 Å². The molecule has 1 saturated heterocycles. The first-order chi connectivity index (χ1) is 10.8. The molecule has 1 unspecified atom stereocenters. The van der Waals surface area contributed by atoms with E-state index >= 15 is 0 Å². The first-order valence-electron chi connectivity index (χ1n) is 7.76. The molecular weight excluding hydrogens is 310 g/mol. The third-order valence-corrected chi connectivity index (χ3v) is 4.29. The van der Waals surface area contributed by atoms with Gasteiger partial charge in [-0.3, -0.25) is 9.88 Å². The van der Waals surface area contributed by atoms with Gasteiger partial charge in [0.15, 0.2) is 0 Å². The van der Waals surface area contributed by atoms with E-state index in [-0.39, 0.29) is 12.4 Å². The van der Waals surface area contributed by atoms with Gasteiger partial charge < -0.3 is 10.1 Å². The molecule has 2 heterocycles. The Morgan fingerprint density at radius 3 is 2.74 bits per heavy atom. The number of hydrogen-bond acceptors (Lipinski definition) is 4. The SMILES string of the molecule is COc1ccc(CN2CCNCC2c2ccncc2)cc1C.Cl. The molecule has 1 aliphatic heterocycles. The van der Waals surface area contributed by atoms with Crippen molar-refractivity contribution in [2.45, 2.75) is 19.5 Å². The van der Waals surface area contributed by atoms with Crippen molar-refractivity contribution < 1.29 is 4.74 Å². The number of nitrogens with one attached hydrogen (secondary N) is 1. The number of hydrogen-bond donors (Lipinski definition) is 1. The van der Waals surface area contributed by atoms with Crippen LogP contribution in [-0.4, -0.2) is 36.6 Å². The summed E-state index contributed by atoms with van der Waals surface area (Å²) in [6.45, 7) is 6.13. The molecule has 1 N–H and O–H groups in total. The molecular formula is C18H24ClN3O. The first-order valence-corrected chi connectivity index (χ1v) is 7.76. The first kappa shape index (κ1) is 17.7. The molecule has 0 aliphatic carbocycles. The minimum atomic E-state index is 0. The highest BCUT2D eigenvalue weighted by molar-refractivity contribution is 5.85. The average Bonchev–Trinajstić information content (AvgIpc) is 2.56. The highest BCUT2D eigenvalue weighted by Crippen LogP contribution is 2.25. The van der Waals surface area contributed by atoms with Crippen LogP contribution in [0.15, 0.2) is 42.7 Å². The second kappa shape index (κ2) is 8.29. The zero-order chi connectivity index (χ0) is 15.4. The summed E-state index contributed by atoms with van der Waals surface area (Å²) >= 11 is 0. The van der Waals surface area contributed by atoms with Gasteiger partial charge in [0.05, 0.1) is 7.11 Å². The lowest BCUT2D eigenvalue weighted by atomic mass is 10.0. The van der Waals surface area contributed by atoms with E-state index in [1.165, 1.54) is 16.7 Å². The summed E-state index contributed by atoms with van der Waals surface area (Å²) in [6.07, 6.45) is 3.75. The number of halogens is 1. The molecule has 0 spiro atoms. The van der Waals surface area contributed by atoms with Crippen molar-refractivity contribution in [1.82, 2.24) is 15.2 Å². The molecule has 5 heteroatoms. The second-order valence-electron chi connectivity index (χ2n) is 5.77. The van der Waals surface area contributed by atoms with Crippen LogP contribution in [0.4, 0.5) is 0 Å². The summed E-state index contributed by atoms with van der Waals surface area (Å²) < 4.78 is 5.35. The number of methoxy groups -OCH3 is 1. The quantitative estimate of drug-likeness (QED) is 0.933. The van der Waals surface area contributed by atoms with Crippen molar-refractivity contribution in [3.63, 3.8) is 0 Å². The van der Waals surface area contributed by atoms with Crippen molar-refractivity contribution in [3.05, 3.63) is 59.4 Å². The number of rotatable bonds is 4. The van der Waals surface area contributed by atoms with Crippen LogP contribution in [0.3, 0.4) is 0 Å². The van der Waals surface area contributed by atoms with Gasteiger partial charge in [-0.05, 0) is 41.8 Å². The van der Waals surface area contributed by atoms with Crippen LogP contribution in [-0.2, 0) is 6.54 Å². The normalized spacial score (nSPS) is 18.3. The van der Waals surface area contributed by atoms with Crippen molar-refractivity contribution in [2.75, 3.05) is 26.7 Å². The Balaban J connectivity index is 0.00000192. The summed E-state index contributed by atoms with van der Waals surface area (Å²) in [5, 5.41) is 3.50. The molecule has 0 amide bonds. The van der Waals surface area contributed by atoms with Crippen LogP contribution in [0.2, 0.25) is 0 Å². The second-order valence-corrected chi connectivity index (χ2v) is 5.77. The van der Waals surface area contributed by atoms with Gasteiger partial charge in [0.1, 0.15) is 5.75 Å². The van der Waals surface area contributed by atoms with E-state index in [1.54, 1.807) is 7.11 Å². The molecule has 1 aromatic carbocycles. The number of benzene rings is 1. The van der Waals surface area contributed by atoms with E-state index in [0.29, 0.717) is 6.04 Å². The lowest BCUT2D eigenvalue weighted by molar-refractivity contribution is 0.153. The molecule has 1 aromatic heterocycles. The summed E-state index contributed by atoms with van der Waals surface area (Å²) in [4.78, 5) is 6.66. The number of piperazine rings is 1. The van der Waals surface area contributed by atoms with Crippen molar-refractivity contribution in [2.24, 2.45) is 0 Å². The molecule has 3 rings (SSSR count). The van der Waals surface area contributed by atoms with E-state index in [0.717, 1.165) is 31.9 Å². The number of ether oxygens (including phenoxy) is 1. The Morgan fingerprint density at radius 2 is 2.04 bits per heavy atom. The number of pyridine rings is 1. The van der Waals surface area contributed by atoms with E-state index in [2.05, 4.69) is 52.5 Å². The van der Waals surface area contributed by atoms with Crippen LogP contribution in [0.1, 0.15) is 22.7 Å². The Hall–Kier alpha value is -1.62. The van der Waals surface area contributed by atoms with E-state index in [1.807, 2.05) is 12.4 Å². The fourth-order valence-electron chi connectivity index (χ4n) is 3.12. The summed E-state index contributed by atoms with van der Waals surface area (Å²) in [6, 6.07) is 11.1. The maximum atomic E-state index is 5.35. The Bertz CT molecular complexity index is 621. The number of aryl methyl sites for hydroxylation is 1. The third-order valence-electron chi connectivity index (χ3n) is 4.29. The van der Waals surface area contributed by atoms with Gasteiger partial charge in [-0.15, -0.1) is 12.4 Å². The summed E-state index contributed by atoms with van der Waals surface area (Å²) in [5.41, 5.74) is 3.85. The van der Waals surface area contributed by atoms with Crippen molar-refractivity contribution in [3.8, 4) is 5.75 Å².